The van der Waals surface area contributed by atoms with E-state index >= 15 is 0 Å². The Kier molecular flexibility index (Phi) is 5.40. The molecule has 0 saturated carbocycles. The van der Waals surface area contributed by atoms with E-state index < -0.39 is 28.6 Å². The van der Waals surface area contributed by atoms with Gasteiger partial charge in [-0.1, -0.05) is 0 Å². The zero-order valence-electron chi connectivity index (χ0n) is 8.07. The first-order valence-electron chi connectivity index (χ1n) is 4.36. The second kappa shape index (κ2) is 6.12. The summed E-state index contributed by atoms with van der Waals surface area (Å²) < 4.78 is 52.4. The quantitative estimate of drug-likeness (QED) is 0.450. The summed E-state index contributed by atoms with van der Waals surface area (Å²) in [4.78, 5) is 0. The molecule has 0 aromatic rings. The van der Waals surface area contributed by atoms with Gasteiger partial charge in [0.1, 0.15) is 0 Å². The highest BCUT2D eigenvalue weighted by molar-refractivity contribution is 7.88. The lowest BCUT2D eigenvalue weighted by Gasteiger charge is -2.34. The minimum absolute atomic E-state index is 0.00206. The van der Waals surface area contributed by atoms with E-state index in [9.17, 15) is 22.6 Å². The van der Waals surface area contributed by atoms with Crippen molar-refractivity contribution in [3.63, 3.8) is 0 Å². The van der Waals surface area contributed by atoms with Gasteiger partial charge in [-0.05, 0) is 0 Å². The van der Waals surface area contributed by atoms with E-state index in [1.807, 2.05) is 0 Å². The van der Waals surface area contributed by atoms with E-state index in [0.717, 1.165) is 0 Å². The van der Waals surface area contributed by atoms with Gasteiger partial charge >= 0.3 is 0 Å². The van der Waals surface area contributed by atoms with Crippen LogP contribution in [-0.2, 0) is 19.2 Å². The maximum atomic E-state index is 10.4. The van der Waals surface area contributed by atoms with E-state index in [4.69, 9.17) is 4.74 Å². The van der Waals surface area contributed by atoms with E-state index in [0.29, 0.717) is 0 Å². The minimum atomic E-state index is -4.62. The Labute approximate surface area is 97.2 Å². The largest absolute Gasteiger partial charge is 0.776 e. The highest BCUT2D eigenvalue weighted by Crippen LogP contribution is 2.16. The molecule has 1 rings (SSSR count). The van der Waals surface area contributed by atoms with Crippen LogP contribution in [0.2, 0.25) is 0 Å². The highest BCUT2D eigenvalue weighted by Gasteiger charge is 2.30. The van der Waals surface area contributed by atoms with Crippen molar-refractivity contribution < 1.29 is 31.5 Å². The number of hydrogen-bond acceptors (Lipinski definition) is 8. The number of nitrogens with one attached hydrogen (secondary N) is 1. The number of aliphatic hydroxyl groups excluding tert-OH is 1. The molecule has 1 heterocycles. The van der Waals surface area contributed by atoms with Crippen molar-refractivity contribution in [3.05, 3.63) is 0 Å². The van der Waals surface area contributed by atoms with Gasteiger partial charge in [0, 0.05) is 6.42 Å². The Bertz CT molecular complexity index is 308. The Morgan fingerprint density at radius 3 is 2.81 bits per heavy atom. The second-order valence-corrected chi connectivity index (χ2v) is 4.81. The van der Waals surface area contributed by atoms with E-state index in [1.54, 1.807) is 4.72 Å². The molecule has 0 aromatic carbocycles. The van der Waals surface area contributed by atoms with Crippen LogP contribution in [0.3, 0.4) is 0 Å². The van der Waals surface area contributed by atoms with Gasteiger partial charge in [0.2, 0.25) is 0 Å². The second-order valence-electron chi connectivity index (χ2n) is 3.29. The topological polar surface area (TPSA) is 131 Å². The van der Waals surface area contributed by atoms with Crippen LogP contribution >= 0.6 is 12.3 Å². The molecule has 1 aliphatic heterocycles. The SMILES string of the molecule is O=S(=O)([O-])NC1COC(COS[O-])CC1O. The third-order valence-electron chi connectivity index (χ3n) is 2.08. The summed E-state index contributed by atoms with van der Waals surface area (Å²) in [6, 6.07) is -0.960. The van der Waals surface area contributed by atoms with Crippen LogP contribution in [0.15, 0.2) is 0 Å². The van der Waals surface area contributed by atoms with Crippen LogP contribution in [0, 0.1) is 0 Å². The molecule has 0 aromatic heterocycles. The number of ether oxygens (including phenoxy) is 1. The summed E-state index contributed by atoms with van der Waals surface area (Å²) in [5.74, 6) is 0. The molecule has 0 amide bonds. The van der Waals surface area contributed by atoms with Gasteiger partial charge in [0.15, 0.2) is 10.3 Å². The molecule has 1 fully saturated rings. The monoisotopic (exact) mass is 273 g/mol. The summed E-state index contributed by atoms with van der Waals surface area (Å²) in [7, 11) is -4.62. The minimum Gasteiger partial charge on any atom is -0.776 e. The summed E-state index contributed by atoms with van der Waals surface area (Å²) in [5.41, 5.74) is 0. The summed E-state index contributed by atoms with van der Waals surface area (Å²) >= 11 is -0.0658. The van der Waals surface area contributed by atoms with Crippen molar-refractivity contribution >= 4 is 22.6 Å². The average molecular weight is 273 g/mol. The van der Waals surface area contributed by atoms with Crippen molar-refractivity contribution in [1.29, 1.82) is 0 Å². The van der Waals surface area contributed by atoms with Crippen molar-refractivity contribution in [3.8, 4) is 0 Å². The standard InChI is InChI=1S/C6H13NO7S2/c8-6-1-4(2-14-15-9)13-3-5(6)7-16(10,11)12/h4-9H,1-3H2,(H,10,11,12)/p-2. The first kappa shape index (κ1) is 14.1. The lowest BCUT2D eigenvalue weighted by Crippen LogP contribution is -2.52. The predicted molar refractivity (Wildman–Crippen MR) is 51.3 cm³/mol. The van der Waals surface area contributed by atoms with Crippen molar-refractivity contribution in [2.75, 3.05) is 13.2 Å². The average Bonchev–Trinajstić information content (AvgIpc) is 2.17. The van der Waals surface area contributed by atoms with Gasteiger partial charge in [-0.2, -0.15) is 0 Å². The van der Waals surface area contributed by atoms with E-state index in [2.05, 4.69) is 4.18 Å². The summed E-state index contributed by atoms with van der Waals surface area (Å²) in [5, 5.41) is 9.52. The van der Waals surface area contributed by atoms with Crippen LogP contribution in [-0.4, -0.2) is 54.1 Å². The molecule has 0 spiro atoms. The molecule has 0 bridgehead atoms. The van der Waals surface area contributed by atoms with Gasteiger partial charge < -0.3 is 23.1 Å². The van der Waals surface area contributed by atoms with Gasteiger partial charge in [-0.3, -0.25) is 0 Å². The van der Waals surface area contributed by atoms with Crippen LogP contribution < -0.4 is 4.72 Å². The molecular formula is C6H11NO7S2-2. The Morgan fingerprint density at radius 1 is 1.62 bits per heavy atom. The van der Waals surface area contributed by atoms with Crippen LogP contribution in [0.25, 0.3) is 0 Å². The maximum Gasteiger partial charge on any atom is 0.159 e. The molecule has 96 valence electrons. The fourth-order valence-electron chi connectivity index (χ4n) is 1.37. The zero-order valence-corrected chi connectivity index (χ0v) is 9.70. The molecule has 10 heteroatoms. The maximum absolute atomic E-state index is 10.4. The van der Waals surface area contributed by atoms with Crippen molar-refractivity contribution in [1.82, 2.24) is 4.72 Å². The Morgan fingerprint density at radius 2 is 2.31 bits per heavy atom. The third kappa shape index (κ3) is 4.93. The fourth-order valence-corrected chi connectivity index (χ4v) is 2.17. The Hall–Kier alpha value is 0.0600. The third-order valence-corrected chi connectivity index (χ3v) is 2.90. The van der Waals surface area contributed by atoms with Crippen LogP contribution in [0.4, 0.5) is 0 Å². The van der Waals surface area contributed by atoms with Crippen molar-refractivity contribution in [2.24, 2.45) is 0 Å². The number of aliphatic hydroxyl groups is 1. The highest BCUT2D eigenvalue weighted by atomic mass is 32.2. The molecule has 3 unspecified atom stereocenters. The molecule has 16 heavy (non-hydrogen) atoms. The molecule has 0 aliphatic carbocycles. The molecular weight excluding hydrogens is 262 g/mol. The predicted octanol–water partition coefficient (Wildman–Crippen LogP) is -1.65. The number of rotatable bonds is 5. The summed E-state index contributed by atoms with van der Waals surface area (Å²) in [6.45, 7) is -0.137. The number of hydrogen-bond donors (Lipinski definition) is 2. The van der Waals surface area contributed by atoms with Gasteiger partial charge in [-0.25, -0.2) is 13.1 Å². The first-order valence-corrected chi connectivity index (χ1v) is 6.44. The summed E-state index contributed by atoms with van der Waals surface area (Å²) in [6.07, 6.45) is -1.43. The van der Waals surface area contributed by atoms with Crippen molar-refractivity contribution in [2.45, 2.75) is 24.7 Å². The van der Waals surface area contributed by atoms with E-state index in [-0.39, 0.29) is 32.0 Å². The van der Waals surface area contributed by atoms with Crippen LogP contribution in [0.5, 0.6) is 0 Å². The Balaban J connectivity index is 2.40. The normalized spacial score (nSPS) is 31.6. The molecule has 3 atom stereocenters. The molecule has 0 radical (unpaired) electrons. The molecule has 2 N–H and O–H groups in total. The molecule has 1 aliphatic rings. The van der Waals surface area contributed by atoms with Crippen LogP contribution in [0.1, 0.15) is 6.42 Å². The lowest BCUT2D eigenvalue weighted by molar-refractivity contribution is -0.0741. The van der Waals surface area contributed by atoms with E-state index in [1.165, 1.54) is 0 Å². The fraction of sp³-hybridized carbons (Fsp3) is 1.00. The van der Waals surface area contributed by atoms with Gasteiger partial charge in [0.05, 0.1) is 31.5 Å². The van der Waals surface area contributed by atoms with Gasteiger partial charge in [-0.15, -0.1) is 12.3 Å². The van der Waals surface area contributed by atoms with Gasteiger partial charge in [0.25, 0.3) is 0 Å². The zero-order chi connectivity index (χ0) is 12.2. The first-order chi connectivity index (χ1) is 7.42. The lowest BCUT2D eigenvalue weighted by atomic mass is 10.0. The molecule has 1 saturated heterocycles. The molecule has 8 nitrogen and oxygen atoms in total. The smallest absolute Gasteiger partial charge is 0.159 e.